The number of furan rings is 1. The van der Waals surface area contributed by atoms with Gasteiger partial charge in [0.1, 0.15) is 11.2 Å². The van der Waals surface area contributed by atoms with E-state index in [9.17, 15) is 0 Å². The Morgan fingerprint density at radius 2 is 1.25 bits per heavy atom. The van der Waals surface area contributed by atoms with Crippen LogP contribution in [0.1, 0.15) is 30.5 Å². The zero-order chi connectivity index (χ0) is 44.3. The molecule has 0 saturated carbocycles. The van der Waals surface area contributed by atoms with Crippen molar-refractivity contribution in [3.63, 3.8) is 0 Å². The standard InChI is InChI=1S/C62H41BN2OS/c1-36-31-39(37-15-5-4-6-16-37)26-30-52(36)64-53-35-57-47(45-21-11-14-24-56(45)67-57)33-51(53)63-59-54(64)34-48-44-20-10-13-23-55(44)66-61(48)58(59)46-28-25-38-17-7-8-18-41(38)60(46)65(63)40-27-29-43-42-19-9-12-22-49(42)62(2,3)50(43)32-40/h4-35H,1-3H3. The van der Waals surface area contributed by atoms with Crippen LogP contribution in [0.4, 0.5) is 28.4 Å². The van der Waals surface area contributed by atoms with Crippen molar-refractivity contribution in [3.8, 4) is 33.4 Å². The van der Waals surface area contributed by atoms with E-state index in [1.807, 2.05) is 11.3 Å². The molecule has 3 nitrogen and oxygen atoms in total. The van der Waals surface area contributed by atoms with Crippen molar-refractivity contribution in [2.45, 2.75) is 26.2 Å². The topological polar surface area (TPSA) is 19.6 Å². The van der Waals surface area contributed by atoms with Gasteiger partial charge in [-0.1, -0.05) is 159 Å². The van der Waals surface area contributed by atoms with Crippen LogP contribution in [0.15, 0.2) is 199 Å². The maximum atomic E-state index is 7.15. The molecule has 4 heterocycles. The average molecular weight is 873 g/mol. The molecule has 15 rings (SSSR count). The van der Waals surface area contributed by atoms with Crippen molar-refractivity contribution in [2.24, 2.45) is 0 Å². The largest absolute Gasteiger partial charge is 0.455 e. The SMILES string of the molecule is Cc1cc(-c2ccccc2)ccc1N1c2cc3sc4ccccc4c3cc2B2c3c1cc1c(oc4ccccc41)c3-c1ccc3ccccc3c1N2c1ccc2c(c1)C(C)(C)c1ccccc1-2. The van der Waals surface area contributed by atoms with Crippen LogP contribution in [0.5, 0.6) is 0 Å². The molecule has 0 radical (unpaired) electrons. The summed E-state index contributed by atoms with van der Waals surface area (Å²) in [6.45, 7) is 6.86. The summed E-state index contributed by atoms with van der Waals surface area (Å²) in [5.74, 6) is 0. The molecule has 0 atom stereocenters. The zero-order valence-corrected chi connectivity index (χ0v) is 38.1. The first-order valence-electron chi connectivity index (χ1n) is 23.4. The number of para-hydroxylation sites is 1. The number of benzene rings is 10. The maximum absolute atomic E-state index is 7.15. The van der Waals surface area contributed by atoms with E-state index >= 15 is 0 Å². The van der Waals surface area contributed by atoms with Gasteiger partial charge in [-0.2, -0.15) is 0 Å². The van der Waals surface area contributed by atoms with Gasteiger partial charge in [0.15, 0.2) is 0 Å². The van der Waals surface area contributed by atoms with Gasteiger partial charge >= 0.3 is 6.85 Å². The highest BCUT2D eigenvalue weighted by atomic mass is 32.1. The quantitative estimate of drug-likeness (QED) is 0.165. The third-order valence-corrected chi connectivity index (χ3v) is 16.5. The third-order valence-electron chi connectivity index (χ3n) is 15.3. The van der Waals surface area contributed by atoms with E-state index in [1.54, 1.807) is 0 Å². The Balaban J connectivity index is 1.11. The lowest BCUT2D eigenvalue weighted by molar-refractivity contribution is 0.660. The van der Waals surface area contributed by atoms with Gasteiger partial charge in [-0.3, -0.25) is 0 Å². The van der Waals surface area contributed by atoms with Crippen molar-refractivity contribution in [2.75, 3.05) is 9.71 Å². The number of fused-ring (bicyclic) bond motifs is 16. The summed E-state index contributed by atoms with van der Waals surface area (Å²) < 4.78 is 9.74. The van der Waals surface area contributed by atoms with E-state index in [1.165, 1.54) is 120 Å². The molecule has 0 fully saturated rings. The van der Waals surface area contributed by atoms with Crippen LogP contribution in [0, 0.1) is 6.92 Å². The van der Waals surface area contributed by atoms with E-state index in [0.717, 1.165) is 21.9 Å². The lowest BCUT2D eigenvalue weighted by Crippen LogP contribution is -2.61. The number of aryl methyl sites for hydroxylation is 1. The van der Waals surface area contributed by atoms with Crippen LogP contribution < -0.4 is 20.6 Å². The van der Waals surface area contributed by atoms with Gasteiger partial charge in [0.05, 0.1) is 0 Å². The Hall–Kier alpha value is -7.86. The van der Waals surface area contributed by atoms with Gasteiger partial charge in [0, 0.05) is 81.3 Å². The summed E-state index contributed by atoms with van der Waals surface area (Å²) in [5.41, 5.74) is 21.5. The maximum Gasteiger partial charge on any atom is 0.333 e. The number of hydrogen-bond donors (Lipinski definition) is 0. The normalized spacial score (nSPS) is 14.2. The lowest BCUT2D eigenvalue weighted by atomic mass is 9.43. The van der Waals surface area contributed by atoms with Gasteiger partial charge in [0.2, 0.25) is 0 Å². The van der Waals surface area contributed by atoms with E-state index < -0.39 is 0 Å². The number of anilines is 5. The molecular formula is C62H41BN2OS. The molecule has 0 spiro atoms. The second kappa shape index (κ2) is 13.4. The molecule has 0 saturated heterocycles. The van der Waals surface area contributed by atoms with Gasteiger partial charge in [-0.25, -0.2) is 0 Å². The number of nitrogens with zero attached hydrogens (tertiary/aromatic N) is 2. The first kappa shape index (κ1) is 37.4. The summed E-state index contributed by atoms with van der Waals surface area (Å²) in [6, 6.07) is 72.7. The van der Waals surface area contributed by atoms with Crippen LogP contribution in [0.3, 0.4) is 0 Å². The van der Waals surface area contributed by atoms with Gasteiger partial charge in [0.25, 0.3) is 0 Å². The zero-order valence-electron chi connectivity index (χ0n) is 37.3. The van der Waals surface area contributed by atoms with Crippen molar-refractivity contribution >= 4 is 110 Å². The predicted molar refractivity (Wildman–Crippen MR) is 286 cm³/mol. The van der Waals surface area contributed by atoms with Crippen LogP contribution in [-0.4, -0.2) is 6.85 Å². The Bertz CT molecular complexity index is 4120. The highest BCUT2D eigenvalue weighted by Crippen LogP contribution is 2.55. The number of hydrogen-bond acceptors (Lipinski definition) is 4. The van der Waals surface area contributed by atoms with E-state index in [2.05, 4.69) is 225 Å². The Morgan fingerprint density at radius 1 is 0.507 bits per heavy atom. The minimum Gasteiger partial charge on any atom is -0.455 e. The predicted octanol–water partition coefficient (Wildman–Crippen LogP) is 16.1. The van der Waals surface area contributed by atoms with Crippen molar-refractivity contribution in [3.05, 3.63) is 211 Å². The van der Waals surface area contributed by atoms with Crippen molar-refractivity contribution < 1.29 is 4.42 Å². The third kappa shape index (κ3) is 5.02. The van der Waals surface area contributed by atoms with Crippen molar-refractivity contribution in [1.29, 1.82) is 0 Å². The highest BCUT2D eigenvalue weighted by molar-refractivity contribution is 7.26. The molecule has 5 heteroatoms. The van der Waals surface area contributed by atoms with Gasteiger partial charge in [-0.15, -0.1) is 11.3 Å². The minimum atomic E-state index is -0.205. The second-order valence-electron chi connectivity index (χ2n) is 19.2. The molecule has 67 heavy (non-hydrogen) atoms. The van der Waals surface area contributed by atoms with Crippen LogP contribution in [0.2, 0.25) is 0 Å². The van der Waals surface area contributed by atoms with Crippen LogP contribution in [-0.2, 0) is 5.41 Å². The Labute approximate surface area is 392 Å². The fourth-order valence-corrected chi connectivity index (χ4v) is 13.4. The summed E-state index contributed by atoms with van der Waals surface area (Å²) in [7, 11) is 0. The second-order valence-corrected chi connectivity index (χ2v) is 20.3. The van der Waals surface area contributed by atoms with E-state index in [-0.39, 0.29) is 12.3 Å². The Morgan fingerprint density at radius 3 is 2.13 bits per heavy atom. The molecule has 0 bridgehead atoms. The molecule has 2 aliphatic heterocycles. The fraction of sp³-hybridized carbons (Fsp3) is 0.0645. The fourth-order valence-electron chi connectivity index (χ4n) is 12.3. The molecular weight excluding hydrogens is 832 g/mol. The van der Waals surface area contributed by atoms with E-state index in [0.29, 0.717) is 0 Å². The molecule has 10 aromatic carbocycles. The highest BCUT2D eigenvalue weighted by Gasteiger charge is 2.48. The molecule has 2 aromatic heterocycles. The van der Waals surface area contributed by atoms with E-state index in [4.69, 9.17) is 4.42 Å². The molecule has 3 aliphatic rings. The summed E-state index contributed by atoms with van der Waals surface area (Å²) in [6.07, 6.45) is 0. The lowest BCUT2D eigenvalue weighted by Gasteiger charge is -2.46. The van der Waals surface area contributed by atoms with Crippen LogP contribution >= 0.6 is 11.3 Å². The summed E-state index contributed by atoms with van der Waals surface area (Å²) >= 11 is 1.89. The van der Waals surface area contributed by atoms with Crippen molar-refractivity contribution in [1.82, 2.24) is 0 Å². The molecule has 1 aliphatic carbocycles. The monoisotopic (exact) mass is 872 g/mol. The molecule has 314 valence electrons. The first-order chi connectivity index (χ1) is 32.9. The summed E-state index contributed by atoms with van der Waals surface area (Å²) in [4.78, 5) is 5.30. The van der Waals surface area contributed by atoms with Gasteiger partial charge < -0.3 is 14.1 Å². The average Bonchev–Trinajstić information content (AvgIpc) is 4.00. The minimum absolute atomic E-state index is 0.171. The smallest absolute Gasteiger partial charge is 0.333 e. The molecule has 0 amide bonds. The number of rotatable bonds is 3. The molecule has 0 N–H and O–H groups in total. The Kier molecular flexibility index (Phi) is 7.46. The van der Waals surface area contributed by atoms with Gasteiger partial charge in [-0.05, 0) is 111 Å². The molecule has 12 aromatic rings. The van der Waals surface area contributed by atoms with Crippen LogP contribution in [0.25, 0.3) is 86.3 Å². The summed E-state index contributed by atoms with van der Waals surface area (Å²) in [5, 5.41) is 7.28. The molecule has 0 unspecified atom stereocenters. The number of thiophene rings is 1. The first-order valence-corrected chi connectivity index (χ1v) is 24.2.